The summed E-state index contributed by atoms with van der Waals surface area (Å²) in [5, 5.41) is 6.54. The van der Waals surface area contributed by atoms with Crippen LogP contribution in [0.15, 0.2) is 72.8 Å². The molecule has 7 heteroatoms. The van der Waals surface area contributed by atoms with Gasteiger partial charge in [-0.25, -0.2) is 0 Å². The van der Waals surface area contributed by atoms with E-state index in [1.54, 1.807) is 31.4 Å². The van der Waals surface area contributed by atoms with E-state index in [-0.39, 0.29) is 11.8 Å². The van der Waals surface area contributed by atoms with Crippen molar-refractivity contribution in [2.24, 2.45) is 0 Å². The lowest BCUT2D eigenvalue weighted by Crippen LogP contribution is -2.23. The number of methoxy groups -OCH3 is 1. The van der Waals surface area contributed by atoms with Crippen molar-refractivity contribution >= 4 is 39.1 Å². The third-order valence-corrected chi connectivity index (χ3v) is 5.46. The van der Waals surface area contributed by atoms with Crippen molar-refractivity contribution in [1.29, 1.82) is 0 Å². The minimum atomic E-state index is -0.277. The van der Waals surface area contributed by atoms with Crippen molar-refractivity contribution in [2.75, 3.05) is 12.4 Å². The smallest absolute Gasteiger partial charge is 0.276 e. The molecule has 0 spiro atoms. The van der Waals surface area contributed by atoms with Crippen LogP contribution in [-0.4, -0.2) is 23.3 Å². The maximum atomic E-state index is 12.6. The van der Waals surface area contributed by atoms with Crippen LogP contribution in [0.5, 0.6) is 5.75 Å². The molecule has 0 bridgehead atoms. The molecular formula is C23H19N3O3S. The topological polar surface area (TPSA) is 80.3 Å². The summed E-state index contributed by atoms with van der Waals surface area (Å²) in [7, 11) is 1.60. The number of nitrogens with one attached hydrogen (secondary N) is 2. The highest BCUT2D eigenvalue weighted by Gasteiger charge is 2.14. The maximum Gasteiger partial charge on any atom is 0.276 e. The molecule has 0 aliphatic carbocycles. The van der Waals surface area contributed by atoms with Crippen LogP contribution in [0.4, 0.5) is 5.69 Å². The molecule has 0 fully saturated rings. The fourth-order valence-electron chi connectivity index (χ4n) is 3.07. The van der Waals surface area contributed by atoms with Gasteiger partial charge in [-0.1, -0.05) is 36.4 Å². The van der Waals surface area contributed by atoms with Crippen molar-refractivity contribution < 1.29 is 14.3 Å². The molecule has 4 aromatic rings. The van der Waals surface area contributed by atoms with Gasteiger partial charge >= 0.3 is 0 Å². The van der Waals surface area contributed by atoms with Crippen LogP contribution in [0.1, 0.15) is 26.4 Å². The van der Waals surface area contributed by atoms with Gasteiger partial charge in [-0.2, -0.15) is 4.37 Å². The molecule has 0 saturated heterocycles. The maximum absolute atomic E-state index is 12.6. The first-order valence-electron chi connectivity index (χ1n) is 9.31. The average molecular weight is 417 g/mol. The van der Waals surface area contributed by atoms with Crippen LogP contribution in [-0.2, 0) is 6.54 Å². The van der Waals surface area contributed by atoms with Crippen LogP contribution < -0.4 is 15.4 Å². The number of para-hydroxylation sites is 1. The SMILES string of the molecule is COc1ccccc1CNC(=O)c1ccc(NC(=O)c2nsc3ccccc23)cc1. The highest BCUT2D eigenvalue weighted by molar-refractivity contribution is 7.13. The molecule has 1 aromatic heterocycles. The predicted octanol–water partition coefficient (Wildman–Crippen LogP) is 4.49. The normalized spacial score (nSPS) is 10.6. The Morgan fingerprint density at radius 1 is 0.933 bits per heavy atom. The van der Waals surface area contributed by atoms with E-state index >= 15 is 0 Å². The lowest BCUT2D eigenvalue weighted by molar-refractivity contribution is 0.0950. The number of anilines is 1. The summed E-state index contributed by atoms with van der Waals surface area (Å²) in [5.74, 6) is 0.246. The Morgan fingerprint density at radius 2 is 1.67 bits per heavy atom. The van der Waals surface area contributed by atoms with Gasteiger partial charge in [0.05, 0.1) is 11.8 Å². The van der Waals surface area contributed by atoms with Gasteiger partial charge in [0.1, 0.15) is 11.4 Å². The molecule has 150 valence electrons. The summed E-state index contributed by atoms with van der Waals surface area (Å²) < 4.78 is 10.5. The Labute approximate surface area is 177 Å². The van der Waals surface area contributed by atoms with Crippen LogP contribution in [0.2, 0.25) is 0 Å². The van der Waals surface area contributed by atoms with Crippen LogP contribution >= 0.6 is 11.5 Å². The third-order valence-electron chi connectivity index (χ3n) is 4.63. The highest BCUT2D eigenvalue weighted by Crippen LogP contribution is 2.23. The molecule has 6 nitrogen and oxygen atoms in total. The van der Waals surface area contributed by atoms with E-state index in [2.05, 4.69) is 15.0 Å². The molecule has 0 radical (unpaired) electrons. The van der Waals surface area contributed by atoms with E-state index in [4.69, 9.17) is 4.74 Å². The summed E-state index contributed by atoms with van der Waals surface area (Å²) in [5.41, 5.74) is 2.39. The van der Waals surface area contributed by atoms with Crippen molar-refractivity contribution in [1.82, 2.24) is 9.69 Å². The minimum Gasteiger partial charge on any atom is -0.496 e. The molecule has 2 N–H and O–H groups in total. The number of carbonyl (C=O) groups excluding carboxylic acids is 2. The number of hydrogen-bond donors (Lipinski definition) is 2. The molecule has 0 unspecified atom stereocenters. The summed E-state index contributed by atoms with van der Waals surface area (Å²) in [6, 6.07) is 21.9. The highest BCUT2D eigenvalue weighted by atomic mass is 32.1. The molecule has 30 heavy (non-hydrogen) atoms. The zero-order chi connectivity index (χ0) is 20.9. The van der Waals surface area contributed by atoms with Crippen molar-refractivity contribution in [2.45, 2.75) is 6.54 Å². The molecule has 4 rings (SSSR count). The Balaban J connectivity index is 1.40. The molecular weight excluding hydrogens is 398 g/mol. The lowest BCUT2D eigenvalue weighted by atomic mass is 10.1. The molecule has 2 amide bonds. The Hall–Kier alpha value is -3.71. The van der Waals surface area contributed by atoms with Crippen LogP contribution in [0.3, 0.4) is 0 Å². The van der Waals surface area contributed by atoms with E-state index < -0.39 is 0 Å². The lowest BCUT2D eigenvalue weighted by Gasteiger charge is -2.10. The number of aromatic nitrogens is 1. The molecule has 0 aliphatic rings. The van der Waals surface area contributed by atoms with E-state index in [1.807, 2.05) is 48.5 Å². The summed E-state index contributed by atoms with van der Waals surface area (Å²) in [6.07, 6.45) is 0. The second-order valence-corrected chi connectivity index (χ2v) is 7.36. The van der Waals surface area contributed by atoms with E-state index in [0.29, 0.717) is 23.5 Å². The van der Waals surface area contributed by atoms with Gasteiger partial charge in [0, 0.05) is 28.7 Å². The predicted molar refractivity (Wildman–Crippen MR) is 118 cm³/mol. The second kappa shape index (κ2) is 8.75. The minimum absolute atomic E-state index is 0.204. The van der Waals surface area contributed by atoms with Gasteiger partial charge in [-0.15, -0.1) is 0 Å². The quantitative estimate of drug-likeness (QED) is 0.484. The number of benzene rings is 3. The first kappa shape index (κ1) is 19.6. The number of amides is 2. The van der Waals surface area contributed by atoms with Crippen molar-refractivity contribution in [3.8, 4) is 5.75 Å². The van der Waals surface area contributed by atoms with E-state index in [1.165, 1.54) is 11.5 Å². The van der Waals surface area contributed by atoms with Crippen molar-refractivity contribution in [3.63, 3.8) is 0 Å². The average Bonchev–Trinajstić information content (AvgIpc) is 3.22. The fraction of sp³-hybridized carbons (Fsp3) is 0.0870. The van der Waals surface area contributed by atoms with E-state index in [0.717, 1.165) is 21.4 Å². The number of carbonyl (C=O) groups is 2. The van der Waals surface area contributed by atoms with Gasteiger partial charge in [0.15, 0.2) is 0 Å². The zero-order valence-electron chi connectivity index (χ0n) is 16.2. The number of hydrogen-bond acceptors (Lipinski definition) is 5. The monoisotopic (exact) mass is 417 g/mol. The molecule has 3 aromatic carbocycles. The second-order valence-electron chi connectivity index (χ2n) is 6.55. The zero-order valence-corrected chi connectivity index (χ0v) is 17.0. The fourth-order valence-corrected chi connectivity index (χ4v) is 3.84. The summed E-state index contributed by atoms with van der Waals surface area (Å²) in [6.45, 7) is 0.359. The van der Waals surface area contributed by atoms with Gasteiger partial charge < -0.3 is 15.4 Å². The van der Waals surface area contributed by atoms with Gasteiger partial charge in [-0.05, 0) is 47.9 Å². The standard InChI is InChI=1S/C23H19N3O3S/c1-29-19-8-4-2-6-16(19)14-24-22(27)15-10-12-17(13-11-15)25-23(28)21-18-7-3-5-9-20(18)30-26-21/h2-13H,14H2,1H3,(H,24,27)(H,25,28). The Bertz CT molecular complexity index is 1200. The number of nitrogens with zero attached hydrogens (tertiary/aromatic N) is 1. The van der Waals surface area contributed by atoms with Gasteiger partial charge in [-0.3, -0.25) is 9.59 Å². The first-order chi connectivity index (χ1) is 14.7. The van der Waals surface area contributed by atoms with E-state index in [9.17, 15) is 9.59 Å². The van der Waals surface area contributed by atoms with Crippen molar-refractivity contribution in [3.05, 3.63) is 89.6 Å². The summed E-state index contributed by atoms with van der Waals surface area (Å²) in [4.78, 5) is 25.0. The summed E-state index contributed by atoms with van der Waals surface area (Å²) >= 11 is 1.29. The third kappa shape index (κ3) is 4.16. The molecule has 0 aliphatic heterocycles. The number of ether oxygens (including phenoxy) is 1. The van der Waals surface area contributed by atoms with Gasteiger partial charge in [0.2, 0.25) is 0 Å². The molecule has 1 heterocycles. The molecule has 0 saturated carbocycles. The van der Waals surface area contributed by atoms with Gasteiger partial charge in [0.25, 0.3) is 11.8 Å². The molecule has 0 atom stereocenters. The number of rotatable bonds is 6. The Kier molecular flexibility index (Phi) is 5.72. The number of fused-ring (bicyclic) bond motifs is 1. The largest absolute Gasteiger partial charge is 0.496 e. The first-order valence-corrected chi connectivity index (χ1v) is 10.1. The Morgan fingerprint density at radius 3 is 2.47 bits per heavy atom. The van der Waals surface area contributed by atoms with Crippen LogP contribution in [0.25, 0.3) is 10.1 Å². The van der Waals surface area contributed by atoms with Crippen LogP contribution in [0, 0.1) is 0 Å².